The van der Waals surface area contributed by atoms with Gasteiger partial charge in [-0.15, -0.1) is 0 Å². The lowest BCUT2D eigenvalue weighted by atomic mass is 10.2. The third-order valence-corrected chi connectivity index (χ3v) is 4.84. The predicted octanol–water partition coefficient (Wildman–Crippen LogP) is 3.78. The monoisotopic (exact) mass is 388 g/mol. The second-order valence-corrected chi connectivity index (χ2v) is 6.84. The fourth-order valence-corrected chi connectivity index (χ4v) is 3.31. The topological polar surface area (TPSA) is 66.5 Å². The van der Waals surface area contributed by atoms with Crippen molar-refractivity contribution < 1.29 is 9.53 Å². The first kappa shape index (κ1) is 19.0. The highest BCUT2D eigenvalue weighted by molar-refractivity contribution is 6.06. The van der Waals surface area contributed by atoms with Gasteiger partial charge in [0.25, 0.3) is 5.91 Å². The highest BCUT2D eigenvalue weighted by Gasteiger charge is 2.16. The lowest BCUT2D eigenvalue weighted by molar-refractivity contribution is 0.102. The molecule has 0 radical (unpaired) electrons. The van der Waals surface area contributed by atoms with Crippen LogP contribution in [0.2, 0.25) is 0 Å². The van der Waals surface area contributed by atoms with Crippen molar-refractivity contribution in [1.82, 2.24) is 4.98 Å². The summed E-state index contributed by atoms with van der Waals surface area (Å²) in [6.45, 7) is 3.68. The van der Waals surface area contributed by atoms with Gasteiger partial charge < -0.3 is 20.3 Å². The molecule has 6 nitrogen and oxygen atoms in total. The van der Waals surface area contributed by atoms with Crippen LogP contribution in [0.3, 0.4) is 0 Å². The van der Waals surface area contributed by atoms with Crippen molar-refractivity contribution in [2.75, 3.05) is 41.8 Å². The lowest BCUT2D eigenvalue weighted by Gasteiger charge is -2.30. The number of ether oxygens (including phenoxy) is 1. The van der Waals surface area contributed by atoms with Gasteiger partial charge in [0.15, 0.2) is 0 Å². The maximum absolute atomic E-state index is 12.9. The summed E-state index contributed by atoms with van der Waals surface area (Å²) in [4.78, 5) is 19.4. The van der Waals surface area contributed by atoms with E-state index in [4.69, 9.17) is 4.74 Å². The summed E-state index contributed by atoms with van der Waals surface area (Å²) in [7, 11) is 0. The Morgan fingerprint density at radius 3 is 2.59 bits per heavy atom. The van der Waals surface area contributed by atoms with Gasteiger partial charge in [0.05, 0.1) is 24.6 Å². The summed E-state index contributed by atoms with van der Waals surface area (Å²) in [6, 6.07) is 21.5. The SMILES string of the molecule is O=C(Nc1ccccc1N1CCOCC1)c1ccnc(NCc2ccccc2)c1. The van der Waals surface area contributed by atoms with E-state index >= 15 is 0 Å². The Morgan fingerprint density at radius 1 is 1.00 bits per heavy atom. The zero-order chi connectivity index (χ0) is 19.9. The molecule has 0 bridgehead atoms. The molecule has 0 atom stereocenters. The van der Waals surface area contributed by atoms with E-state index in [9.17, 15) is 4.79 Å². The Bertz CT molecular complexity index is 956. The van der Waals surface area contributed by atoms with Crippen molar-refractivity contribution in [2.45, 2.75) is 6.54 Å². The van der Waals surface area contributed by atoms with E-state index in [2.05, 4.69) is 20.5 Å². The van der Waals surface area contributed by atoms with E-state index in [-0.39, 0.29) is 5.91 Å². The van der Waals surface area contributed by atoms with Gasteiger partial charge in [0.2, 0.25) is 0 Å². The summed E-state index contributed by atoms with van der Waals surface area (Å²) in [5.74, 6) is 0.513. The average Bonchev–Trinajstić information content (AvgIpc) is 2.79. The van der Waals surface area contributed by atoms with Gasteiger partial charge in [-0.2, -0.15) is 0 Å². The Balaban J connectivity index is 1.45. The molecule has 148 valence electrons. The summed E-state index contributed by atoms with van der Waals surface area (Å²) < 4.78 is 5.44. The molecule has 0 unspecified atom stereocenters. The minimum atomic E-state index is -0.157. The molecule has 1 fully saturated rings. The van der Waals surface area contributed by atoms with Crippen LogP contribution < -0.4 is 15.5 Å². The van der Waals surface area contributed by atoms with Crippen molar-refractivity contribution >= 4 is 23.1 Å². The number of rotatable bonds is 6. The van der Waals surface area contributed by atoms with Crippen LogP contribution in [-0.2, 0) is 11.3 Å². The van der Waals surface area contributed by atoms with E-state index in [1.165, 1.54) is 0 Å². The van der Waals surface area contributed by atoms with Crippen molar-refractivity contribution in [1.29, 1.82) is 0 Å². The van der Waals surface area contributed by atoms with Gasteiger partial charge in [-0.05, 0) is 29.8 Å². The molecule has 1 aliphatic heterocycles. The van der Waals surface area contributed by atoms with Gasteiger partial charge in [-0.1, -0.05) is 42.5 Å². The second-order valence-electron chi connectivity index (χ2n) is 6.84. The number of nitrogens with one attached hydrogen (secondary N) is 2. The van der Waals surface area contributed by atoms with E-state index < -0.39 is 0 Å². The molecule has 1 saturated heterocycles. The molecule has 4 rings (SSSR count). The Hall–Kier alpha value is -3.38. The van der Waals surface area contributed by atoms with E-state index in [1.807, 2.05) is 54.6 Å². The molecule has 1 amide bonds. The largest absolute Gasteiger partial charge is 0.378 e. The van der Waals surface area contributed by atoms with Crippen molar-refractivity contribution in [3.05, 3.63) is 84.1 Å². The first-order valence-corrected chi connectivity index (χ1v) is 9.76. The maximum Gasteiger partial charge on any atom is 0.255 e. The maximum atomic E-state index is 12.9. The van der Waals surface area contributed by atoms with Crippen LogP contribution in [0.15, 0.2) is 72.9 Å². The number of aromatic nitrogens is 1. The number of amides is 1. The number of morpholine rings is 1. The van der Waals surface area contributed by atoms with E-state index in [0.717, 1.165) is 30.0 Å². The molecule has 29 heavy (non-hydrogen) atoms. The fraction of sp³-hybridized carbons (Fsp3) is 0.217. The molecule has 0 aliphatic carbocycles. The number of pyridine rings is 1. The normalized spacial score (nSPS) is 13.7. The average molecular weight is 388 g/mol. The molecular weight excluding hydrogens is 364 g/mol. The number of carbonyl (C=O) groups is 1. The van der Waals surface area contributed by atoms with Gasteiger partial charge in [0, 0.05) is 31.4 Å². The zero-order valence-corrected chi connectivity index (χ0v) is 16.2. The molecule has 2 N–H and O–H groups in total. The summed E-state index contributed by atoms with van der Waals surface area (Å²) in [6.07, 6.45) is 1.65. The fourth-order valence-electron chi connectivity index (χ4n) is 3.31. The highest BCUT2D eigenvalue weighted by Crippen LogP contribution is 2.27. The minimum absolute atomic E-state index is 0.157. The Kier molecular flexibility index (Phi) is 6.02. The van der Waals surface area contributed by atoms with Crippen LogP contribution in [-0.4, -0.2) is 37.2 Å². The van der Waals surface area contributed by atoms with Crippen LogP contribution in [0.25, 0.3) is 0 Å². The number of hydrogen-bond acceptors (Lipinski definition) is 5. The zero-order valence-electron chi connectivity index (χ0n) is 16.2. The quantitative estimate of drug-likeness (QED) is 0.673. The first-order chi connectivity index (χ1) is 14.3. The molecule has 0 saturated carbocycles. The summed E-state index contributed by atoms with van der Waals surface area (Å²) >= 11 is 0. The van der Waals surface area contributed by atoms with Gasteiger partial charge in [-0.25, -0.2) is 4.98 Å². The molecular formula is C23H24N4O2. The molecule has 6 heteroatoms. The summed E-state index contributed by atoms with van der Waals surface area (Å²) in [5, 5.41) is 6.32. The number of anilines is 3. The van der Waals surface area contributed by atoms with E-state index in [0.29, 0.717) is 31.1 Å². The number of carbonyl (C=O) groups excluding carboxylic acids is 1. The minimum Gasteiger partial charge on any atom is -0.378 e. The molecule has 1 aliphatic rings. The Labute approximate surface area is 170 Å². The van der Waals surface area contributed by atoms with Crippen LogP contribution in [0.4, 0.5) is 17.2 Å². The van der Waals surface area contributed by atoms with Gasteiger partial charge >= 0.3 is 0 Å². The van der Waals surface area contributed by atoms with Crippen LogP contribution >= 0.6 is 0 Å². The molecule has 0 spiro atoms. The van der Waals surface area contributed by atoms with Crippen LogP contribution in [0.1, 0.15) is 15.9 Å². The molecule has 1 aromatic heterocycles. The van der Waals surface area contributed by atoms with Crippen LogP contribution in [0, 0.1) is 0 Å². The van der Waals surface area contributed by atoms with Crippen LogP contribution in [0.5, 0.6) is 0 Å². The smallest absolute Gasteiger partial charge is 0.255 e. The second kappa shape index (κ2) is 9.21. The van der Waals surface area contributed by atoms with Crippen molar-refractivity contribution in [3.63, 3.8) is 0 Å². The van der Waals surface area contributed by atoms with E-state index in [1.54, 1.807) is 18.3 Å². The standard InChI is InChI=1S/C23H24N4O2/c28-23(26-20-8-4-5-9-21(20)27-12-14-29-15-13-27)19-10-11-24-22(16-19)25-17-18-6-2-1-3-7-18/h1-11,16H,12-15,17H2,(H,24,25)(H,26,28). The number of benzene rings is 2. The number of para-hydroxylation sites is 2. The highest BCUT2D eigenvalue weighted by atomic mass is 16.5. The lowest BCUT2D eigenvalue weighted by Crippen LogP contribution is -2.36. The molecule has 2 aromatic carbocycles. The van der Waals surface area contributed by atoms with Crippen molar-refractivity contribution in [2.24, 2.45) is 0 Å². The Morgan fingerprint density at radius 2 is 1.76 bits per heavy atom. The molecule has 2 heterocycles. The van der Waals surface area contributed by atoms with Gasteiger partial charge in [0.1, 0.15) is 5.82 Å². The third kappa shape index (κ3) is 4.92. The van der Waals surface area contributed by atoms with Crippen molar-refractivity contribution in [3.8, 4) is 0 Å². The third-order valence-electron chi connectivity index (χ3n) is 4.84. The van der Waals surface area contributed by atoms with Gasteiger partial charge in [-0.3, -0.25) is 4.79 Å². The first-order valence-electron chi connectivity index (χ1n) is 9.76. The number of nitrogens with zero attached hydrogens (tertiary/aromatic N) is 2. The summed E-state index contributed by atoms with van der Waals surface area (Å²) in [5.41, 5.74) is 3.53. The number of hydrogen-bond donors (Lipinski definition) is 2. The predicted molar refractivity (Wildman–Crippen MR) is 115 cm³/mol. The molecule has 3 aromatic rings.